The van der Waals surface area contributed by atoms with Crippen molar-refractivity contribution in [2.45, 2.75) is 26.9 Å². The van der Waals surface area contributed by atoms with Crippen LogP contribution in [0.1, 0.15) is 19.4 Å². The Morgan fingerprint density at radius 2 is 2.15 bits per heavy atom. The highest BCUT2D eigenvalue weighted by atomic mass is 16.5. The van der Waals surface area contributed by atoms with E-state index in [4.69, 9.17) is 4.74 Å². The minimum absolute atomic E-state index is 0.145. The minimum atomic E-state index is 0.145. The molecule has 0 spiro atoms. The predicted molar refractivity (Wildman–Crippen MR) is 56.1 cm³/mol. The number of allylic oxidation sites excluding steroid dienone is 1. The number of ether oxygens (including phenoxy) is 1. The third-order valence-electron chi connectivity index (χ3n) is 1.77. The molecule has 0 aliphatic rings. The molecule has 0 saturated heterocycles. The van der Waals surface area contributed by atoms with E-state index in [1.54, 1.807) is 0 Å². The molecule has 0 radical (unpaired) electrons. The molecule has 0 saturated carbocycles. The van der Waals surface area contributed by atoms with Gasteiger partial charge in [0.2, 0.25) is 0 Å². The average Bonchev–Trinajstić information content (AvgIpc) is 2.04. The molecule has 1 nitrogen and oxygen atoms in total. The maximum absolute atomic E-state index is 5.65. The second-order valence-corrected chi connectivity index (χ2v) is 3.17. The Bertz CT molecular complexity index is 289. The van der Waals surface area contributed by atoms with Crippen LogP contribution < -0.4 is 4.74 Å². The molecule has 0 amide bonds. The van der Waals surface area contributed by atoms with Crippen LogP contribution in [0.5, 0.6) is 5.75 Å². The first-order valence-electron chi connectivity index (χ1n) is 4.58. The summed E-state index contributed by atoms with van der Waals surface area (Å²) < 4.78 is 5.65. The average molecular weight is 176 g/mol. The molecular formula is C12H16O. The van der Waals surface area contributed by atoms with Crippen molar-refractivity contribution in [2.24, 2.45) is 0 Å². The van der Waals surface area contributed by atoms with Crippen molar-refractivity contribution in [3.05, 3.63) is 42.0 Å². The molecule has 1 heteroatoms. The summed E-state index contributed by atoms with van der Waals surface area (Å²) >= 11 is 0. The van der Waals surface area contributed by atoms with Crippen molar-refractivity contribution < 1.29 is 4.74 Å². The fraction of sp³-hybridized carbons (Fsp3) is 0.333. The number of rotatable bonds is 3. The van der Waals surface area contributed by atoms with Gasteiger partial charge in [0.15, 0.2) is 0 Å². The van der Waals surface area contributed by atoms with E-state index >= 15 is 0 Å². The molecule has 0 aliphatic heterocycles. The Labute approximate surface area is 80.0 Å². The summed E-state index contributed by atoms with van der Waals surface area (Å²) in [6.45, 7) is 6.09. The van der Waals surface area contributed by atoms with E-state index < -0.39 is 0 Å². The van der Waals surface area contributed by atoms with E-state index in [0.29, 0.717) is 0 Å². The Balaban J connectivity index is 2.63. The summed E-state index contributed by atoms with van der Waals surface area (Å²) in [6, 6.07) is 8.09. The number of aryl methyl sites for hydroxylation is 1. The van der Waals surface area contributed by atoms with Crippen LogP contribution in [0.25, 0.3) is 0 Å². The van der Waals surface area contributed by atoms with Crippen molar-refractivity contribution in [1.29, 1.82) is 0 Å². The lowest BCUT2D eigenvalue weighted by molar-refractivity contribution is 0.269. The van der Waals surface area contributed by atoms with Crippen LogP contribution in [0.3, 0.4) is 0 Å². The predicted octanol–water partition coefficient (Wildman–Crippen LogP) is 3.34. The van der Waals surface area contributed by atoms with Gasteiger partial charge in [0, 0.05) is 0 Å². The second-order valence-electron chi connectivity index (χ2n) is 3.17. The van der Waals surface area contributed by atoms with Gasteiger partial charge in [-0.05, 0) is 44.5 Å². The fourth-order valence-corrected chi connectivity index (χ4v) is 1.21. The van der Waals surface area contributed by atoms with Gasteiger partial charge in [-0.2, -0.15) is 0 Å². The molecule has 70 valence electrons. The van der Waals surface area contributed by atoms with Crippen molar-refractivity contribution in [3.63, 3.8) is 0 Å². The van der Waals surface area contributed by atoms with Gasteiger partial charge < -0.3 is 4.74 Å². The summed E-state index contributed by atoms with van der Waals surface area (Å²) in [5.41, 5.74) is 1.23. The maximum Gasteiger partial charge on any atom is 0.120 e. The summed E-state index contributed by atoms with van der Waals surface area (Å²) in [5.74, 6) is 0.936. The van der Waals surface area contributed by atoms with Crippen molar-refractivity contribution in [3.8, 4) is 5.75 Å². The van der Waals surface area contributed by atoms with E-state index in [1.165, 1.54) is 5.56 Å². The molecule has 0 heterocycles. The first-order valence-corrected chi connectivity index (χ1v) is 4.58. The van der Waals surface area contributed by atoms with Crippen molar-refractivity contribution in [1.82, 2.24) is 0 Å². The molecule has 1 atom stereocenters. The summed E-state index contributed by atoms with van der Waals surface area (Å²) in [6.07, 6.45) is 4.18. The molecule has 0 N–H and O–H groups in total. The fourth-order valence-electron chi connectivity index (χ4n) is 1.21. The molecule has 13 heavy (non-hydrogen) atoms. The lowest BCUT2D eigenvalue weighted by Crippen LogP contribution is -2.07. The SMILES string of the molecule is C/C=C/C(C)Oc1cccc(C)c1. The molecule has 1 aromatic carbocycles. The zero-order chi connectivity index (χ0) is 9.68. The van der Waals surface area contributed by atoms with E-state index in [-0.39, 0.29) is 6.10 Å². The van der Waals surface area contributed by atoms with Crippen LogP contribution in [0.2, 0.25) is 0 Å². The van der Waals surface area contributed by atoms with Crippen LogP contribution in [-0.2, 0) is 0 Å². The zero-order valence-corrected chi connectivity index (χ0v) is 8.45. The van der Waals surface area contributed by atoms with Gasteiger partial charge in [-0.3, -0.25) is 0 Å². The van der Waals surface area contributed by atoms with Gasteiger partial charge in [0.05, 0.1) is 0 Å². The third kappa shape index (κ3) is 3.32. The van der Waals surface area contributed by atoms with Gasteiger partial charge >= 0.3 is 0 Å². The van der Waals surface area contributed by atoms with Gasteiger partial charge in [0.1, 0.15) is 11.9 Å². The number of hydrogen-bond acceptors (Lipinski definition) is 1. The summed E-state index contributed by atoms with van der Waals surface area (Å²) in [4.78, 5) is 0. The van der Waals surface area contributed by atoms with Crippen LogP contribution in [0.4, 0.5) is 0 Å². The molecule has 0 fully saturated rings. The number of benzene rings is 1. The highest BCUT2D eigenvalue weighted by Crippen LogP contribution is 2.14. The lowest BCUT2D eigenvalue weighted by Gasteiger charge is -2.10. The Hall–Kier alpha value is -1.24. The summed E-state index contributed by atoms with van der Waals surface area (Å²) in [7, 11) is 0. The Morgan fingerprint density at radius 3 is 2.77 bits per heavy atom. The Kier molecular flexibility index (Phi) is 3.56. The molecule has 1 unspecified atom stereocenters. The second kappa shape index (κ2) is 4.70. The quantitative estimate of drug-likeness (QED) is 0.642. The van der Waals surface area contributed by atoms with Crippen LogP contribution in [-0.4, -0.2) is 6.10 Å². The first-order chi connectivity index (χ1) is 6.22. The highest BCUT2D eigenvalue weighted by Gasteiger charge is 1.98. The van der Waals surface area contributed by atoms with Gasteiger partial charge in [-0.15, -0.1) is 0 Å². The van der Waals surface area contributed by atoms with Gasteiger partial charge in [-0.25, -0.2) is 0 Å². The molecule has 0 bridgehead atoms. The first kappa shape index (κ1) is 9.85. The molecule has 1 rings (SSSR count). The normalized spacial score (nSPS) is 13.2. The highest BCUT2D eigenvalue weighted by molar-refractivity contribution is 5.27. The van der Waals surface area contributed by atoms with Crippen LogP contribution in [0.15, 0.2) is 36.4 Å². The van der Waals surface area contributed by atoms with Crippen molar-refractivity contribution >= 4 is 0 Å². The van der Waals surface area contributed by atoms with E-state index in [9.17, 15) is 0 Å². The summed E-state index contributed by atoms with van der Waals surface area (Å²) in [5, 5.41) is 0. The van der Waals surface area contributed by atoms with Crippen LogP contribution in [0, 0.1) is 6.92 Å². The molecule has 0 aliphatic carbocycles. The van der Waals surface area contributed by atoms with Gasteiger partial charge in [-0.1, -0.05) is 18.2 Å². The largest absolute Gasteiger partial charge is 0.487 e. The van der Waals surface area contributed by atoms with E-state index in [2.05, 4.69) is 13.0 Å². The molecule has 1 aromatic rings. The lowest BCUT2D eigenvalue weighted by atomic mass is 10.2. The number of hydrogen-bond donors (Lipinski definition) is 0. The van der Waals surface area contributed by atoms with E-state index in [0.717, 1.165) is 5.75 Å². The monoisotopic (exact) mass is 176 g/mol. The van der Waals surface area contributed by atoms with Crippen molar-refractivity contribution in [2.75, 3.05) is 0 Å². The molecular weight excluding hydrogens is 160 g/mol. The Morgan fingerprint density at radius 1 is 1.38 bits per heavy atom. The molecule has 0 aromatic heterocycles. The smallest absolute Gasteiger partial charge is 0.120 e. The third-order valence-corrected chi connectivity index (χ3v) is 1.77. The van der Waals surface area contributed by atoms with E-state index in [1.807, 2.05) is 44.2 Å². The van der Waals surface area contributed by atoms with Crippen LogP contribution >= 0.6 is 0 Å². The standard InChI is InChI=1S/C12H16O/c1-4-6-11(3)13-12-8-5-7-10(2)9-12/h4-9,11H,1-3H3/b6-4+. The van der Waals surface area contributed by atoms with Gasteiger partial charge in [0.25, 0.3) is 0 Å². The maximum atomic E-state index is 5.65. The zero-order valence-electron chi connectivity index (χ0n) is 8.45. The topological polar surface area (TPSA) is 9.23 Å². The minimum Gasteiger partial charge on any atom is -0.487 e.